The number of esters is 1. The van der Waals surface area contributed by atoms with Crippen LogP contribution in [0.3, 0.4) is 0 Å². The molecular formula is C15H20N2O5. The van der Waals surface area contributed by atoms with Gasteiger partial charge in [0.15, 0.2) is 6.61 Å². The predicted octanol–water partition coefficient (Wildman–Crippen LogP) is 1.19. The van der Waals surface area contributed by atoms with Crippen molar-refractivity contribution in [1.82, 2.24) is 10.9 Å². The SMILES string of the molecule is CCCC(=O)NNC(=O)COc1ccc(C(=O)OCC)cc1. The van der Waals surface area contributed by atoms with Crippen molar-refractivity contribution in [2.75, 3.05) is 13.2 Å². The molecular weight excluding hydrogens is 288 g/mol. The molecule has 0 unspecified atom stereocenters. The number of ether oxygens (including phenoxy) is 2. The molecule has 0 aliphatic carbocycles. The van der Waals surface area contributed by atoms with E-state index in [1.807, 2.05) is 6.92 Å². The quantitative estimate of drug-likeness (QED) is 0.583. The first-order chi connectivity index (χ1) is 10.6. The van der Waals surface area contributed by atoms with Crippen molar-refractivity contribution in [3.63, 3.8) is 0 Å². The standard InChI is InChI=1S/C15H20N2O5/c1-3-5-13(18)16-17-14(19)10-22-12-8-6-11(7-9-12)15(20)21-4-2/h6-9H,3-5,10H2,1-2H3,(H,16,18)(H,17,19). The summed E-state index contributed by atoms with van der Waals surface area (Å²) in [4.78, 5) is 34.1. The molecule has 0 saturated heterocycles. The Morgan fingerprint density at radius 1 is 1.00 bits per heavy atom. The molecule has 0 radical (unpaired) electrons. The zero-order valence-corrected chi connectivity index (χ0v) is 12.7. The number of nitrogens with one attached hydrogen (secondary N) is 2. The maximum absolute atomic E-state index is 11.5. The molecule has 0 bridgehead atoms. The Labute approximate surface area is 128 Å². The summed E-state index contributed by atoms with van der Waals surface area (Å²) in [6.45, 7) is 3.66. The van der Waals surface area contributed by atoms with Gasteiger partial charge in [-0.25, -0.2) is 4.79 Å². The van der Waals surface area contributed by atoms with Gasteiger partial charge in [-0.05, 0) is 37.6 Å². The van der Waals surface area contributed by atoms with Crippen LogP contribution in [-0.2, 0) is 14.3 Å². The molecule has 2 N–H and O–H groups in total. The van der Waals surface area contributed by atoms with Gasteiger partial charge in [0.05, 0.1) is 12.2 Å². The number of hydrogen-bond donors (Lipinski definition) is 2. The highest BCUT2D eigenvalue weighted by molar-refractivity contribution is 5.89. The van der Waals surface area contributed by atoms with E-state index in [2.05, 4.69) is 10.9 Å². The van der Waals surface area contributed by atoms with Crippen LogP contribution in [0.2, 0.25) is 0 Å². The number of amides is 2. The van der Waals surface area contributed by atoms with Gasteiger partial charge in [-0.3, -0.25) is 20.4 Å². The van der Waals surface area contributed by atoms with Crippen LogP contribution in [0.4, 0.5) is 0 Å². The van der Waals surface area contributed by atoms with Gasteiger partial charge in [0.1, 0.15) is 5.75 Å². The Morgan fingerprint density at radius 3 is 2.23 bits per heavy atom. The molecule has 22 heavy (non-hydrogen) atoms. The first-order valence-electron chi connectivity index (χ1n) is 7.04. The lowest BCUT2D eigenvalue weighted by Gasteiger charge is -2.09. The molecule has 0 spiro atoms. The molecule has 0 saturated carbocycles. The van der Waals surface area contributed by atoms with Gasteiger partial charge in [0.2, 0.25) is 5.91 Å². The summed E-state index contributed by atoms with van der Waals surface area (Å²) in [5.41, 5.74) is 4.93. The van der Waals surface area contributed by atoms with Gasteiger partial charge >= 0.3 is 5.97 Å². The summed E-state index contributed by atoms with van der Waals surface area (Å²) in [6.07, 6.45) is 1.04. The summed E-state index contributed by atoms with van der Waals surface area (Å²) < 4.78 is 10.1. The van der Waals surface area contributed by atoms with E-state index in [0.29, 0.717) is 30.8 Å². The molecule has 120 valence electrons. The van der Waals surface area contributed by atoms with Crippen molar-refractivity contribution in [2.45, 2.75) is 26.7 Å². The van der Waals surface area contributed by atoms with Crippen LogP contribution in [0.5, 0.6) is 5.75 Å². The lowest BCUT2D eigenvalue weighted by atomic mass is 10.2. The van der Waals surface area contributed by atoms with E-state index >= 15 is 0 Å². The van der Waals surface area contributed by atoms with Crippen LogP contribution >= 0.6 is 0 Å². The molecule has 0 aliphatic rings. The average molecular weight is 308 g/mol. The minimum absolute atomic E-state index is 0.245. The van der Waals surface area contributed by atoms with Gasteiger partial charge in [-0.15, -0.1) is 0 Å². The average Bonchev–Trinajstić information content (AvgIpc) is 2.52. The second-order valence-corrected chi connectivity index (χ2v) is 4.38. The van der Waals surface area contributed by atoms with E-state index < -0.39 is 11.9 Å². The minimum atomic E-state index is -0.473. The van der Waals surface area contributed by atoms with Crippen LogP contribution in [0.25, 0.3) is 0 Å². The third-order valence-corrected chi connectivity index (χ3v) is 2.55. The highest BCUT2D eigenvalue weighted by Crippen LogP contribution is 2.12. The van der Waals surface area contributed by atoms with E-state index in [-0.39, 0.29) is 12.5 Å². The van der Waals surface area contributed by atoms with Crippen molar-refractivity contribution in [2.24, 2.45) is 0 Å². The molecule has 1 aromatic rings. The summed E-state index contributed by atoms with van der Waals surface area (Å²) in [5.74, 6) is -0.706. The Morgan fingerprint density at radius 2 is 1.64 bits per heavy atom. The smallest absolute Gasteiger partial charge is 0.338 e. The molecule has 7 nitrogen and oxygen atoms in total. The molecule has 0 aliphatic heterocycles. The summed E-state index contributed by atoms with van der Waals surface area (Å²) >= 11 is 0. The molecule has 0 atom stereocenters. The van der Waals surface area contributed by atoms with Crippen molar-refractivity contribution < 1.29 is 23.9 Å². The van der Waals surface area contributed by atoms with Gasteiger partial charge in [-0.2, -0.15) is 0 Å². The molecule has 0 fully saturated rings. The molecule has 2 amide bonds. The van der Waals surface area contributed by atoms with Crippen molar-refractivity contribution >= 4 is 17.8 Å². The largest absolute Gasteiger partial charge is 0.484 e. The van der Waals surface area contributed by atoms with Crippen molar-refractivity contribution in [3.8, 4) is 5.75 Å². The van der Waals surface area contributed by atoms with E-state index in [9.17, 15) is 14.4 Å². The van der Waals surface area contributed by atoms with Crippen LogP contribution in [-0.4, -0.2) is 31.0 Å². The zero-order chi connectivity index (χ0) is 16.4. The summed E-state index contributed by atoms with van der Waals surface area (Å²) in [5, 5.41) is 0. The third-order valence-electron chi connectivity index (χ3n) is 2.55. The Balaban J connectivity index is 2.37. The van der Waals surface area contributed by atoms with Crippen molar-refractivity contribution in [3.05, 3.63) is 29.8 Å². The number of hydrazine groups is 1. The first kappa shape index (κ1) is 17.5. The number of carbonyl (C=O) groups excluding carboxylic acids is 3. The monoisotopic (exact) mass is 308 g/mol. The second-order valence-electron chi connectivity index (χ2n) is 4.38. The first-order valence-corrected chi connectivity index (χ1v) is 7.04. The van der Waals surface area contributed by atoms with Crippen molar-refractivity contribution in [1.29, 1.82) is 0 Å². The number of rotatable bonds is 7. The van der Waals surface area contributed by atoms with E-state index in [1.165, 1.54) is 0 Å². The third kappa shape index (κ3) is 6.25. The number of hydrogen-bond acceptors (Lipinski definition) is 5. The highest BCUT2D eigenvalue weighted by Gasteiger charge is 2.07. The van der Waals surface area contributed by atoms with Crippen LogP contribution in [0.15, 0.2) is 24.3 Å². The highest BCUT2D eigenvalue weighted by atomic mass is 16.5. The van der Waals surface area contributed by atoms with Crippen LogP contribution in [0.1, 0.15) is 37.0 Å². The van der Waals surface area contributed by atoms with Gasteiger partial charge < -0.3 is 9.47 Å². The fourth-order valence-corrected chi connectivity index (χ4v) is 1.52. The van der Waals surface area contributed by atoms with E-state index in [0.717, 1.165) is 0 Å². The number of benzene rings is 1. The predicted molar refractivity (Wildman–Crippen MR) is 79.1 cm³/mol. The van der Waals surface area contributed by atoms with Gasteiger partial charge in [0, 0.05) is 6.42 Å². The Hall–Kier alpha value is -2.57. The Kier molecular flexibility index (Phi) is 7.45. The molecule has 7 heteroatoms. The normalized spacial score (nSPS) is 9.73. The molecule has 0 heterocycles. The second kappa shape index (κ2) is 9.38. The minimum Gasteiger partial charge on any atom is -0.484 e. The lowest BCUT2D eigenvalue weighted by molar-refractivity contribution is -0.130. The van der Waals surface area contributed by atoms with Gasteiger partial charge in [0.25, 0.3) is 5.91 Å². The fraction of sp³-hybridized carbons (Fsp3) is 0.400. The van der Waals surface area contributed by atoms with E-state index in [4.69, 9.17) is 9.47 Å². The van der Waals surface area contributed by atoms with E-state index in [1.54, 1.807) is 31.2 Å². The molecule has 0 aromatic heterocycles. The fourth-order valence-electron chi connectivity index (χ4n) is 1.52. The summed E-state index contributed by atoms with van der Waals surface area (Å²) in [6, 6.07) is 6.23. The molecule has 1 aromatic carbocycles. The van der Waals surface area contributed by atoms with Crippen LogP contribution in [0, 0.1) is 0 Å². The maximum Gasteiger partial charge on any atom is 0.338 e. The zero-order valence-electron chi connectivity index (χ0n) is 12.7. The van der Waals surface area contributed by atoms with Crippen LogP contribution < -0.4 is 15.6 Å². The number of carbonyl (C=O) groups is 3. The maximum atomic E-state index is 11.5. The Bertz CT molecular complexity index is 513. The van der Waals surface area contributed by atoms with Gasteiger partial charge in [-0.1, -0.05) is 6.92 Å². The molecule has 1 rings (SSSR count). The summed E-state index contributed by atoms with van der Waals surface area (Å²) in [7, 11) is 0. The lowest BCUT2D eigenvalue weighted by Crippen LogP contribution is -2.43. The topological polar surface area (TPSA) is 93.7 Å².